The summed E-state index contributed by atoms with van der Waals surface area (Å²) in [5.41, 5.74) is -0.364. The standard InChI is InChI=1S/C33H24N4O10/c38-27(17-5-11-22(12-6-17)47-33(42)19-3-9-21(10-4-19)37(45)46)16-34(30(39)18-1-7-20(8-2-18)36(43)44)35-31(40)28-23-13-14-24(26-15-25(23)26)29(28)32(35)41/h1-14,23-26,28-29H,15-16H2/t23-,24-,25-,26+,28+,29+/m0/s1. The van der Waals surface area contributed by atoms with Crippen molar-refractivity contribution in [1.82, 2.24) is 10.0 Å². The van der Waals surface area contributed by atoms with Crippen LogP contribution in [0.15, 0.2) is 84.9 Å². The molecule has 0 N–H and O–H groups in total. The Balaban J connectivity index is 1.12. The number of allylic oxidation sites excluding steroid dienone is 2. The molecular weight excluding hydrogens is 612 g/mol. The number of imide groups is 1. The van der Waals surface area contributed by atoms with Crippen LogP contribution in [-0.4, -0.2) is 55.9 Å². The van der Waals surface area contributed by atoms with Gasteiger partial charge >= 0.3 is 5.97 Å². The molecule has 1 aliphatic heterocycles. The van der Waals surface area contributed by atoms with Crippen LogP contribution in [0.3, 0.4) is 0 Å². The van der Waals surface area contributed by atoms with Crippen LogP contribution in [0.2, 0.25) is 0 Å². The summed E-state index contributed by atoms with van der Waals surface area (Å²) in [5, 5.41) is 23.6. The van der Waals surface area contributed by atoms with Crippen molar-refractivity contribution in [2.24, 2.45) is 35.5 Å². The highest BCUT2D eigenvalue weighted by atomic mass is 16.6. The SMILES string of the molecule is O=C(CN(C(=O)c1ccc([N+](=O)[O-])cc1)N1C(=O)[C@@H]2[C@H]3C=C[C@@H]([C@@H]4C[C@H]34)[C@H]2C1=O)c1ccc(OC(=O)c2ccc([N+](=O)[O-])cc2)cc1. The fourth-order valence-corrected chi connectivity index (χ4v) is 7.11. The van der Waals surface area contributed by atoms with Gasteiger partial charge in [-0.2, -0.15) is 5.01 Å². The smallest absolute Gasteiger partial charge is 0.343 e. The number of amides is 3. The number of hydrazine groups is 1. The first-order valence-corrected chi connectivity index (χ1v) is 14.8. The Kier molecular flexibility index (Phi) is 6.99. The van der Waals surface area contributed by atoms with Crippen LogP contribution in [0.1, 0.15) is 37.5 Å². The maximum Gasteiger partial charge on any atom is 0.343 e. The molecule has 0 unspecified atom stereocenters. The summed E-state index contributed by atoms with van der Waals surface area (Å²) >= 11 is 0. The number of hydrogen-bond donors (Lipinski definition) is 0. The third kappa shape index (κ3) is 5.03. The van der Waals surface area contributed by atoms with Crippen LogP contribution in [0.5, 0.6) is 5.75 Å². The molecule has 47 heavy (non-hydrogen) atoms. The minimum atomic E-state index is -0.854. The number of nitro benzene ring substituents is 2. The number of esters is 1. The van der Waals surface area contributed by atoms with E-state index in [1.54, 1.807) is 0 Å². The minimum absolute atomic E-state index is 0.0590. The molecule has 14 heteroatoms. The van der Waals surface area contributed by atoms with Crippen molar-refractivity contribution in [3.05, 3.63) is 122 Å². The van der Waals surface area contributed by atoms with Crippen LogP contribution in [-0.2, 0) is 9.59 Å². The van der Waals surface area contributed by atoms with Crippen molar-refractivity contribution in [1.29, 1.82) is 0 Å². The summed E-state index contributed by atoms with van der Waals surface area (Å²) in [6, 6.07) is 14.8. The van der Waals surface area contributed by atoms with Crippen molar-refractivity contribution in [3.63, 3.8) is 0 Å². The minimum Gasteiger partial charge on any atom is -0.423 e. The normalized spacial score (nSPS) is 24.7. The molecule has 1 heterocycles. The van der Waals surface area contributed by atoms with Gasteiger partial charge in [0.1, 0.15) is 12.3 Å². The zero-order chi connectivity index (χ0) is 33.1. The highest BCUT2D eigenvalue weighted by Crippen LogP contribution is 2.65. The van der Waals surface area contributed by atoms with Gasteiger partial charge < -0.3 is 4.74 Å². The van der Waals surface area contributed by atoms with Gasteiger partial charge in [0.2, 0.25) is 0 Å². The fraction of sp³-hybridized carbons (Fsp3) is 0.242. The Morgan fingerprint density at radius 2 is 1.19 bits per heavy atom. The quantitative estimate of drug-likeness (QED) is 0.0631. The highest BCUT2D eigenvalue weighted by molar-refractivity contribution is 6.10. The van der Waals surface area contributed by atoms with Gasteiger partial charge in [0.15, 0.2) is 5.78 Å². The van der Waals surface area contributed by atoms with Crippen molar-refractivity contribution in [3.8, 4) is 5.75 Å². The summed E-state index contributed by atoms with van der Waals surface area (Å²) in [6.45, 7) is -0.690. The van der Waals surface area contributed by atoms with Gasteiger partial charge in [0, 0.05) is 35.4 Å². The van der Waals surface area contributed by atoms with E-state index in [9.17, 15) is 44.2 Å². The van der Waals surface area contributed by atoms with Crippen molar-refractivity contribution in [2.45, 2.75) is 6.42 Å². The van der Waals surface area contributed by atoms with Gasteiger partial charge in [-0.25, -0.2) is 9.80 Å². The largest absolute Gasteiger partial charge is 0.423 e. The van der Waals surface area contributed by atoms with Crippen molar-refractivity contribution < 1.29 is 38.6 Å². The lowest BCUT2D eigenvalue weighted by Crippen LogP contribution is -2.52. The van der Waals surface area contributed by atoms with Gasteiger partial charge in [-0.1, -0.05) is 12.2 Å². The molecule has 1 saturated heterocycles. The number of carbonyl (C=O) groups is 5. The second kappa shape index (κ2) is 11.1. The van der Waals surface area contributed by atoms with Gasteiger partial charge in [0.05, 0.1) is 27.2 Å². The Bertz CT molecular complexity index is 1870. The second-order valence-corrected chi connectivity index (χ2v) is 12.0. The van der Waals surface area contributed by atoms with Gasteiger partial charge in [0.25, 0.3) is 29.1 Å². The van der Waals surface area contributed by atoms with Crippen LogP contribution >= 0.6 is 0 Å². The number of hydrogen-bond acceptors (Lipinski definition) is 10. The van der Waals surface area contributed by atoms with E-state index in [0.717, 1.165) is 40.7 Å². The monoisotopic (exact) mass is 636 g/mol. The zero-order valence-electron chi connectivity index (χ0n) is 24.3. The van der Waals surface area contributed by atoms with E-state index in [4.69, 9.17) is 4.74 Å². The van der Waals surface area contributed by atoms with Crippen LogP contribution in [0.25, 0.3) is 0 Å². The Morgan fingerprint density at radius 3 is 1.68 bits per heavy atom. The van der Waals surface area contributed by atoms with E-state index < -0.39 is 57.7 Å². The van der Waals surface area contributed by atoms with E-state index >= 15 is 0 Å². The molecule has 0 radical (unpaired) electrons. The first kappa shape index (κ1) is 29.6. The van der Waals surface area contributed by atoms with Gasteiger partial charge in [-0.15, -0.1) is 0 Å². The number of rotatable bonds is 9. The molecule has 236 valence electrons. The summed E-state index contributed by atoms with van der Waals surface area (Å²) in [7, 11) is 0. The molecule has 0 spiro atoms. The molecule has 0 aromatic heterocycles. The third-order valence-electron chi connectivity index (χ3n) is 9.43. The molecule has 3 amide bonds. The molecule has 2 saturated carbocycles. The van der Waals surface area contributed by atoms with Crippen LogP contribution in [0, 0.1) is 55.7 Å². The number of non-ortho nitro benzene ring substituents is 2. The first-order valence-electron chi connectivity index (χ1n) is 14.8. The highest BCUT2D eigenvalue weighted by Gasteiger charge is 2.68. The molecule has 4 aliphatic carbocycles. The number of nitrogens with zero attached hydrogens (tertiary/aromatic N) is 4. The zero-order valence-corrected chi connectivity index (χ0v) is 24.3. The summed E-state index contributed by atoms with van der Waals surface area (Å²) in [4.78, 5) is 88.4. The molecule has 2 bridgehead atoms. The Morgan fingerprint density at radius 1 is 0.723 bits per heavy atom. The molecule has 8 rings (SSSR count). The van der Waals surface area contributed by atoms with Crippen LogP contribution in [0.4, 0.5) is 11.4 Å². The number of ketones is 1. The maximum atomic E-state index is 13.9. The van der Waals surface area contributed by atoms with E-state index in [0.29, 0.717) is 11.8 Å². The average molecular weight is 637 g/mol. The predicted molar refractivity (Wildman–Crippen MR) is 160 cm³/mol. The average Bonchev–Trinajstić information content (AvgIpc) is 3.86. The van der Waals surface area contributed by atoms with Gasteiger partial charge in [-0.3, -0.25) is 39.4 Å². The number of ether oxygens (including phenoxy) is 1. The van der Waals surface area contributed by atoms with Crippen molar-refractivity contribution in [2.75, 3.05) is 6.54 Å². The number of benzene rings is 3. The van der Waals surface area contributed by atoms with E-state index in [-0.39, 0.29) is 45.7 Å². The molecule has 3 fully saturated rings. The Hall–Kier alpha value is -6.05. The van der Waals surface area contributed by atoms with Gasteiger partial charge in [-0.05, 0) is 78.6 Å². The van der Waals surface area contributed by atoms with Crippen molar-refractivity contribution >= 4 is 40.8 Å². The Labute approximate surface area is 265 Å². The molecule has 6 atom stereocenters. The molecule has 3 aromatic rings. The number of carbonyl (C=O) groups excluding carboxylic acids is 5. The molecular formula is C33H24N4O10. The lowest BCUT2D eigenvalue weighted by atomic mass is 9.63. The lowest BCUT2D eigenvalue weighted by molar-refractivity contribution is -0.385. The lowest BCUT2D eigenvalue weighted by Gasteiger charge is -2.37. The summed E-state index contributed by atoms with van der Waals surface area (Å²) in [6.07, 6.45) is 4.91. The summed E-state index contributed by atoms with van der Waals surface area (Å²) < 4.78 is 5.30. The van der Waals surface area contributed by atoms with E-state index in [1.165, 1.54) is 48.5 Å². The second-order valence-electron chi connectivity index (χ2n) is 12.0. The number of Topliss-reactive ketones (excluding diaryl/α,β-unsaturated/α-hetero) is 1. The molecule has 5 aliphatic rings. The molecule has 3 aromatic carbocycles. The maximum absolute atomic E-state index is 13.9. The molecule has 14 nitrogen and oxygen atoms in total. The predicted octanol–water partition coefficient (Wildman–Crippen LogP) is 4.02. The van der Waals surface area contributed by atoms with E-state index in [1.807, 2.05) is 12.2 Å². The number of nitro groups is 2. The first-order chi connectivity index (χ1) is 22.5. The summed E-state index contributed by atoms with van der Waals surface area (Å²) in [5.74, 6) is -4.18. The van der Waals surface area contributed by atoms with E-state index in [2.05, 4.69) is 0 Å². The third-order valence-corrected chi connectivity index (χ3v) is 9.43. The topological polar surface area (TPSA) is 187 Å². The fourth-order valence-electron chi connectivity index (χ4n) is 7.11. The van der Waals surface area contributed by atoms with Crippen LogP contribution < -0.4 is 4.74 Å².